The van der Waals surface area contributed by atoms with Crippen LogP contribution in [0.5, 0.6) is 0 Å². The molecule has 162 valence electrons. The molecule has 2 amide bonds. The van der Waals surface area contributed by atoms with Gasteiger partial charge in [0.2, 0.25) is 0 Å². The molecule has 0 radical (unpaired) electrons. The lowest BCUT2D eigenvalue weighted by atomic mass is 9.95. The van der Waals surface area contributed by atoms with Crippen molar-refractivity contribution in [3.8, 4) is 0 Å². The summed E-state index contributed by atoms with van der Waals surface area (Å²) in [6.45, 7) is 1.65. The second kappa shape index (κ2) is 8.00. The predicted molar refractivity (Wildman–Crippen MR) is 131 cm³/mol. The molecule has 2 aromatic carbocycles. The van der Waals surface area contributed by atoms with Crippen LogP contribution in [-0.2, 0) is 16.1 Å². The van der Waals surface area contributed by atoms with Gasteiger partial charge in [-0.3, -0.25) is 14.9 Å². The summed E-state index contributed by atoms with van der Waals surface area (Å²) in [5, 5.41) is 4.43. The molecule has 2 aromatic heterocycles. The number of rotatable bonds is 6. The second-order valence-corrected chi connectivity index (χ2v) is 9.03. The normalized spacial score (nSPS) is 14.4. The van der Waals surface area contributed by atoms with Crippen LogP contribution in [0.4, 0.5) is 0 Å². The Morgan fingerprint density at radius 1 is 0.938 bits per heavy atom. The molecule has 4 aromatic rings. The van der Waals surface area contributed by atoms with Crippen LogP contribution >= 0.6 is 11.8 Å². The van der Waals surface area contributed by atoms with E-state index < -0.39 is 0 Å². The molecule has 3 heterocycles. The number of para-hydroxylation sites is 2. The first-order valence-corrected chi connectivity index (χ1v) is 11.7. The zero-order valence-corrected chi connectivity index (χ0v) is 19.0. The molecule has 0 aliphatic carbocycles. The molecule has 0 saturated carbocycles. The van der Waals surface area contributed by atoms with E-state index in [0.29, 0.717) is 11.1 Å². The van der Waals surface area contributed by atoms with E-state index in [2.05, 4.69) is 32.1 Å². The highest BCUT2D eigenvalue weighted by atomic mass is 32.2. The predicted octanol–water partition coefficient (Wildman–Crippen LogP) is 3.97. The third-order valence-electron chi connectivity index (χ3n) is 5.93. The fraction of sp³-hybridized carbons (Fsp3) is 0.200. The van der Waals surface area contributed by atoms with E-state index in [4.69, 9.17) is 0 Å². The van der Waals surface area contributed by atoms with E-state index in [0.717, 1.165) is 50.9 Å². The number of thioether (sulfide) groups is 1. The van der Waals surface area contributed by atoms with Gasteiger partial charge in [0.15, 0.2) is 0 Å². The van der Waals surface area contributed by atoms with Gasteiger partial charge in [-0.1, -0.05) is 30.3 Å². The zero-order valence-electron chi connectivity index (χ0n) is 18.2. The minimum atomic E-state index is -0.357. The number of fused-ring (bicyclic) bond motifs is 2. The van der Waals surface area contributed by atoms with Gasteiger partial charge in [-0.2, -0.15) is 0 Å². The van der Waals surface area contributed by atoms with E-state index in [1.54, 1.807) is 11.8 Å². The number of hydrogen-bond acceptors (Lipinski definition) is 4. The van der Waals surface area contributed by atoms with Gasteiger partial charge in [0.05, 0.1) is 16.7 Å². The molecule has 0 bridgehead atoms. The lowest BCUT2D eigenvalue weighted by Gasteiger charge is -2.12. The Hall–Kier alpha value is -3.29. The average molecular weight is 445 g/mol. The molecule has 32 heavy (non-hydrogen) atoms. The van der Waals surface area contributed by atoms with Crippen LogP contribution in [0.2, 0.25) is 0 Å². The van der Waals surface area contributed by atoms with Crippen molar-refractivity contribution in [3.05, 3.63) is 66.0 Å². The summed E-state index contributed by atoms with van der Waals surface area (Å²) in [6, 6.07) is 13.9. The molecule has 1 aliphatic rings. The van der Waals surface area contributed by atoms with Crippen LogP contribution in [-0.4, -0.2) is 53.2 Å². The van der Waals surface area contributed by atoms with Gasteiger partial charge in [0.1, 0.15) is 0 Å². The van der Waals surface area contributed by atoms with Crippen molar-refractivity contribution in [1.29, 1.82) is 0 Å². The summed E-state index contributed by atoms with van der Waals surface area (Å²) < 4.78 is 2.20. The Bertz CT molecular complexity index is 1410. The van der Waals surface area contributed by atoms with E-state index in [-0.39, 0.29) is 11.8 Å². The highest BCUT2D eigenvalue weighted by Gasteiger charge is 2.35. The van der Waals surface area contributed by atoms with Crippen molar-refractivity contribution in [1.82, 2.24) is 19.8 Å². The van der Waals surface area contributed by atoms with Crippen LogP contribution in [0.15, 0.2) is 59.8 Å². The fourth-order valence-corrected chi connectivity index (χ4v) is 5.06. The largest absolute Gasteiger partial charge is 0.361 e. The molecular weight excluding hydrogens is 420 g/mol. The number of carbonyl (C=O) groups excluding carboxylic acids is 2. The molecule has 0 spiro atoms. The molecule has 0 unspecified atom stereocenters. The Kier molecular flexibility index (Phi) is 5.15. The van der Waals surface area contributed by atoms with E-state index in [1.165, 1.54) is 0 Å². The Morgan fingerprint density at radius 2 is 1.66 bits per heavy atom. The summed E-state index contributed by atoms with van der Waals surface area (Å²) in [7, 11) is 4.09. The van der Waals surface area contributed by atoms with Crippen molar-refractivity contribution < 1.29 is 9.59 Å². The first kappa shape index (κ1) is 20.6. The number of hydrogen-bond donors (Lipinski definition) is 2. The monoisotopic (exact) mass is 444 g/mol. The van der Waals surface area contributed by atoms with Crippen molar-refractivity contribution in [2.45, 2.75) is 11.4 Å². The smallest absolute Gasteiger partial charge is 0.259 e. The van der Waals surface area contributed by atoms with Gasteiger partial charge in [0.25, 0.3) is 11.8 Å². The minimum absolute atomic E-state index is 0.350. The van der Waals surface area contributed by atoms with E-state index in [9.17, 15) is 9.59 Å². The fourth-order valence-electron chi connectivity index (χ4n) is 4.42. The van der Waals surface area contributed by atoms with Gasteiger partial charge in [0, 0.05) is 57.8 Å². The number of aromatic amines is 1. The maximum atomic E-state index is 13.1. The standard InChI is InChI=1S/C25H24N4O2S/c1-28(2)11-12-29-14-18(16-8-6-10-20(32-3)23(16)29)22-21(24(30)27-25(22)31)17-13-26-19-9-5-4-7-15(17)19/h4-10,13-14,26H,11-12H2,1-3H3,(H,27,30,31). The first-order valence-electron chi connectivity index (χ1n) is 10.5. The Balaban J connectivity index is 1.79. The van der Waals surface area contributed by atoms with Crippen molar-refractivity contribution >= 4 is 56.5 Å². The van der Waals surface area contributed by atoms with Crippen LogP contribution in [0.1, 0.15) is 11.1 Å². The first-order chi connectivity index (χ1) is 15.5. The number of aromatic nitrogens is 2. The van der Waals surface area contributed by atoms with Crippen molar-refractivity contribution in [2.24, 2.45) is 0 Å². The number of likely N-dealkylation sites (N-methyl/N-ethyl adjacent to an activating group) is 1. The molecular formula is C25H24N4O2S. The SMILES string of the molecule is CSc1cccc2c(C3=C(c4c[nH]c5ccccc45)C(=O)NC3=O)cn(CCN(C)C)c12. The maximum absolute atomic E-state index is 13.1. The number of carbonyl (C=O) groups is 2. The van der Waals surface area contributed by atoms with Crippen LogP contribution in [0.3, 0.4) is 0 Å². The molecule has 7 heteroatoms. The Labute approximate surface area is 190 Å². The lowest BCUT2D eigenvalue weighted by Crippen LogP contribution is -2.22. The lowest BCUT2D eigenvalue weighted by molar-refractivity contribution is -0.122. The summed E-state index contributed by atoms with van der Waals surface area (Å²) in [4.78, 5) is 32.6. The maximum Gasteiger partial charge on any atom is 0.259 e. The number of nitrogens with one attached hydrogen (secondary N) is 2. The molecule has 2 N–H and O–H groups in total. The molecule has 1 aliphatic heterocycles. The highest BCUT2D eigenvalue weighted by molar-refractivity contribution is 7.98. The van der Waals surface area contributed by atoms with Crippen LogP contribution in [0.25, 0.3) is 33.0 Å². The van der Waals surface area contributed by atoms with Gasteiger partial charge in [-0.15, -0.1) is 11.8 Å². The summed E-state index contributed by atoms with van der Waals surface area (Å²) in [5.41, 5.74) is 4.42. The molecule has 5 rings (SSSR count). The Morgan fingerprint density at radius 3 is 2.41 bits per heavy atom. The molecule has 0 saturated heterocycles. The average Bonchev–Trinajstić information content (AvgIpc) is 3.44. The third-order valence-corrected chi connectivity index (χ3v) is 6.70. The number of benzene rings is 2. The highest BCUT2D eigenvalue weighted by Crippen LogP contribution is 2.40. The van der Waals surface area contributed by atoms with Gasteiger partial charge in [-0.05, 0) is 32.5 Å². The van der Waals surface area contributed by atoms with Crippen molar-refractivity contribution in [3.63, 3.8) is 0 Å². The topological polar surface area (TPSA) is 70.1 Å². The molecule has 6 nitrogen and oxygen atoms in total. The molecule has 0 fully saturated rings. The van der Waals surface area contributed by atoms with Crippen LogP contribution in [0, 0.1) is 0 Å². The number of amides is 2. The van der Waals surface area contributed by atoms with Crippen LogP contribution < -0.4 is 5.32 Å². The van der Waals surface area contributed by atoms with Crippen molar-refractivity contribution in [2.75, 3.05) is 26.9 Å². The number of H-pyrrole nitrogens is 1. The second-order valence-electron chi connectivity index (χ2n) is 8.18. The third kappa shape index (κ3) is 3.25. The van der Waals surface area contributed by atoms with E-state index >= 15 is 0 Å². The number of imide groups is 1. The quantitative estimate of drug-likeness (QED) is 0.349. The number of nitrogens with zero attached hydrogens (tertiary/aromatic N) is 2. The summed E-state index contributed by atoms with van der Waals surface area (Å²) in [5.74, 6) is -0.707. The minimum Gasteiger partial charge on any atom is -0.361 e. The summed E-state index contributed by atoms with van der Waals surface area (Å²) >= 11 is 1.68. The summed E-state index contributed by atoms with van der Waals surface area (Å²) in [6.07, 6.45) is 5.90. The van der Waals surface area contributed by atoms with E-state index in [1.807, 2.05) is 62.9 Å². The zero-order chi connectivity index (χ0) is 22.4. The molecule has 0 atom stereocenters. The van der Waals surface area contributed by atoms with Gasteiger partial charge in [-0.25, -0.2) is 0 Å². The van der Waals surface area contributed by atoms with Gasteiger partial charge >= 0.3 is 0 Å². The van der Waals surface area contributed by atoms with Gasteiger partial charge < -0.3 is 14.5 Å².